The predicted molar refractivity (Wildman–Crippen MR) is 93.3 cm³/mol. The number of hydrogen-bond donors (Lipinski definition) is 2. The largest absolute Gasteiger partial charge is 0.455 e. The quantitative estimate of drug-likeness (QED) is 0.723. The first-order valence-electron chi connectivity index (χ1n) is 8.04. The van der Waals surface area contributed by atoms with Gasteiger partial charge in [0.2, 0.25) is 5.91 Å². The van der Waals surface area contributed by atoms with Crippen molar-refractivity contribution in [1.82, 2.24) is 5.32 Å². The minimum absolute atomic E-state index is 0.0923. The summed E-state index contributed by atoms with van der Waals surface area (Å²) in [6.45, 7) is -0.529. The van der Waals surface area contributed by atoms with Crippen molar-refractivity contribution in [2.75, 3.05) is 18.5 Å². The van der Waals surface area contributed by atoms with Gasteiger partial charge in [0.05, 0.1) is 18.2 Å². The first-order chi connectivity index (χ1) is 11.6. The molecule has 0 aromatic heterocycles. The number of esters is 1. The van der Waals surface area contributed by atoms with E-state index in [1.54, 1.807) is 18.2 Å². The summed E-state index contributed by atoms with van der Waals surface area (Å²) >= 11 is 3.32. The Morgan fingerprint density at radius 2 is 1.79 bits per heavy atom. The van der Waals surface area contributed by atoms with E-state index in [0.29, 0.717) is 5.69 Å². The Bertz CT molecular complexity index is 600. The summed E-state index contributed by atoms with van der Waals surface area (Å²) in [4.78, 5) is 35.3. The molecule has 6 nitrogen and oxygen atoms in total. The second-order valence-corrected chi connectivity index (χ2v) is 6.60. The SMILES string of the molecule is O=C(COC(=O)C1CCCCC1)NCC(=O)Nc1ccccc1Br. The molecular formula is C17H21BrN2O4. The molecule has 1 aliphatic carbocycles. The first kappa shape index (κ1) is 18.4. The van der Waals surface area contributed by atoms with Crippen LogP contribution in [0.15, 0.2) is 28.7 Å². The van der Waals surface area contributed by atoms with Gasteiger partial charge in [0, 0.05) is 4.47 Å². The molecule has 0 saturated heterocycles. The number of amides is 2. The minimum Gasteiger partial charge on any atom is -0.455 e. The van der Waals surface area contributed by atoms with Crippen molar-refractivity contribution < 1.29 is 19.1 Å². The van der Waals surface area contributed by atoms with E-state index in [2.05, 4.69) is 26.6 Å². The lowest BCUT2D eigenvalue weighted by molar-refractivity contribution is -0.153. The molecule has 7 heteroatoms. The zero-order chi connectivity index (χ0) is 17.4. The second kappa shape index (κ2) is 9.42. The van der Waals surface area contributed by atoms with Gasteiger partial charge in [-0.2, -0.15) is 0 Å². The number of carbonyl (C=O) groups excluding carboxylic acids is 3. The third-order valence-corrected chi connectivity index (χ3v) is 4.57. The Morgan fingerprint density at radius 3 is 2.50 bits per heavy atom. The molecule has 2 amide bonds. The topological polar surface area (TPSA) is 84.5 Å². The molecule has 0 aliphatic heterocycles. The van der Waals surface area contributed by atoms with Crippen LogP contribution in [-0.4, -0.2) is 30.9 Å². The van der Waals surface area contributed by atoms with E-state index in [1.807, 2.05) is 6.07 Å². The maximum Gasteiger partial charge on any atom is 0.309 e. The first-order valence-corrected chi connectivity index (χ1v) is 8.83. The summed E-state index contributed by atoms with van der Waals surface area (Å²) in [7, 11) is 0. The molecule has 2 N–H and O–H groups in total. The Hall–Kier alpha value is -1.89. The van der Waals surface area contributed by atoms with E-state index in [1.165, 1.54) is 0 Å². The van der Waals surface area contributed by atoms with Crippen LogP contribution in [0.4, 0.5) is 5.69 Å². The Balaban J connectivity index is 1.66. The summed E-state index contributed by atoms with van der Waals surface area (Å²) in [6.07, 6.45) is 4.86. The molecule has 0 heterocycles. The molecule has 0 radical (unpaired) electrons. The lowest BCUT2D eigenvalue weighted by atomic mass is 9.89. The highest BCUT2D eigenvalue weighted by molar-refractivity contribution is 9.10. The van der Waals surface area contributed by atoms with E-state index in [0.717, 1.165) is 36.6 Å². The monoisotopic (exact) mass is 396 g/mol. The highest BCUT2D eigenvalue weighted by atomic mass is 79.9. The highest BCUT2D eigenvalue weighted by Gasteiger charge is 2.23. The van der Waals surface area contributed by atoms with Crippen molar-refractivity contribution in [3.8, 4) is 0 Å². The van der Waals surface area contributed by atoms with Gasteiger partial charge in [-0.15, -0.1) is 0 Å². The molecule has 130 valence electrons. The predicted octanol–water partition coefficient (Wildman–Crippen LogP) is 2.63. The van der Waals surface area contributed by atoms with Crippen LogP contribution in [0, 0.1) is 5.92 Å². The van der Waals surface area contributed by atoms with Crippen LogP contribution in [0.3, 0.4) is 0 Å². The molecule has 1 aromatic rings. The van der Waals surface area contributed by atoms with Crippen molar-refractivity contribution >= 4 is 39.4 Å². The Kier molecular flexibility index (Phi) is 7.24. The molecule has 0 atom stereocenters. The highest BCUT2D eigenvalue weighted by Crippen LogP contribution is 2.24. The number of anilines is 1. The van der Waals surface area contributed by atoms with E-state index in [9.17, 15) is 14.4 Å². The van der Waals surface area contributed by atoms with E-state index >= 15 is 0 Å². The molecule has 1 fully saturated rings. The number of carbonyl (C=O) groups is 3. The van der Waals surface area contributed by atoms with Crippen LogP contribution in [0.25, 0.3) is 0 Å². The zero-order valence-electron chi connectivity index (χ0n) is 13.3. The summed E-state index contributed by atoms with van der Waals surface area (Å²) in [6, 6.07) is 7.18. The Labute approximate surface area is 149 Å². The number of benzene rings is 1. The average molecular weight is 397 g/mol. The number of ether oxygens (including phenoxy) is 1. The number of hydrogen-bond acceptors (Lipinski definition) is 4. The molecule has 0 unspecified atom stereocenters. The van der Waals surface area contributed by atoms with Crippen LogP contribution < -0.4 is 10.6 Å². The third-order valence-electron chi connectivity index (χ3n) is 3.88. The van der Waals surface area contributed by atoms with E-state index < -0.39 is 5.91 Å². The third kappa shape index (κ3) is 5.96. The maximum absolute atomic E-state index is 11.8. The van der Waals surface area contributed by atoms with Crippen molar-refractivity contribution in [3.05, 3.63) is 28.7 Å². The van der Waals surface area contributed by atoms with Gasteiger partial charge in [0.1, 0.15) is 0 Å². The Morgan fingerprint density at radius 1 is 1.08 bits per heavy atom. The van der Waals surface area contributed by atoms with Gasteiger partial charge in [0.25, 0.3) is 5.91 Å². The van der Waals surface area contributed by atoms with E-state index in [4.69, 9.17) is 4.74 Å². The van der Waals surface area contributed by atoms with Crippen LogP contribution in [0.2, 0.25) is 0 Å². The molecule has 24 heavy (non-hydrogen) atoms. The fourth-order valence-electron chi connectivity index (χ4n) is 2.58. The van der Waals surface area contributed by atoms with Crippen LogP contribution in [0.5, 0.6) is 0 Å². The summed E-state index contributed by atoms with van der Waals surface area (Å²) in [5.74, 6) is -1.25. The van der Waals surface area contributed by atoms with E-state index in [-0.39, 0.29) is 30.9 Å². The van der Waals surface area contributed by atoms with Gasteiger partial charge >= 0.3 is 5.97 Å². The van der Waals surface area contributed by atoms with Crippen LogP contribution >= 0.6 is 15.9 Å². The summed E-state index contributed by atoms with van der Waals surface area (Å²) < 4.78 is 5.78. The van der Waals surface area contributed by atoms with Crippen molar-refractivity contribution in [1.29, 1.82) is 0 Å². The number of nitrogens with one attached hydrogen (secondary N) is 2. The fraction of sp³-hybridized carbons (Fsp3) is 0.471. The smallest absolute Gasteiger partial charge is 0.309 e. The molecule has 1 aliphatic rings. The standard InChI is InChI=1S/C17H21BrN2O4/c18-13-8-4-5-9-14(13)20-15(21)10-19-16(22)11-24-17(23)12-6-2-1-3-7-12/h4-5,8-9,12H,1-3,6-7,10-11H2,(H,19,22)(H,20,21). The van der Waals surface area contributed by atoms with Gasteiger partial charge in [-0.25, -0.2) is 0 Å². The van der Waals surface area contributed by atoms with Crippen LogP contribution in [0.1, 0.15) is 32.1 Å². The molecular weight excluding hydrogens is 376 g/mol. The lowest BCUT2D eigenvalue weighted by Crippen LogP contribution is -2.36. The summed E-state index contributed by atoms with van der Waals surface area (Å²) in [5, 5.41) is 5.11. The normalized spacial score (nSPS) is 14.7. The van der Waals surface area contributed by atoms with Gasteiger partial charge in [-0.3, -0.25) is 14.4 Å². The van der Waals surface area contributed by atoms with Gasteiger partial charge < -0.3 is 15.4 Å². The van der Waals surface area contributed by atoms with Gasteiger partial charge in [-0.05, 0) is 40.9 Å². The van der Waals surface area contributed by atoms with Crippen molar-refractivity contribution in [3.63, 3.8) is 0 Å². The maximum atomic E-state index is 11.8. The molecule has 1 saturated carbocycles. The second-order valence-electron chi connectivity index (χ2n) is 5.75. The zero-order valence-corrected chi connectivity index (χ0v) is 14.9. The minimum atomic E-state index is -0.485. The van der Waals surface area contributed by atoms with Crippen molar-refractivity contribution in [2.45, 2.75) is 32.1 Å². The average Bonchev–Trinajstić information content (AvgIpc) is 2.60. The lowest BCUT2D eigenvalue weighted by Gasteiger charge is -2.19. The molecule has 2 rings (SSSR count). The molecule has 0 bridgehead atoms. The van der Waals surface area contributed by atoms with Crippen molar-refractivity contribution in [2.24, 2.45) is 5.92 Å². The van der Waals surface area contributed by atoms with Gasteiger partial charge in [0.15, 0.2) is 6.61 Å². The molecule has 0 spiro atoms. The number of para-hydroxylation sites is 1. The summed E-state index contributed by atoms with van der Waals surface area (Å²) in [5.41, 5.74) is 0.625. The number of halogens is 1. The van der Waals surface area contributed by atoms with Gasteiger partial charge in [-0.1, -0.05) is 31.4 Å². The molecule has 1 aromatic carbocycles. The van der Waals surface area contributed by atoms with Crippen LogP contribution in [-0.2, 0) is 19.1 Å². The fourth-order valence-corrected chi connectivity index (χ4v) is 2.96. The number of rotatable bonds is 6.